The highest BCUT2D eigenvalue weighted by atomic mass is 16.5. The molecule has 1 heterocycles. The fraction of sp³-hybridized carbons (Fsp3) is 0.350. The molecule has 1 aliphatic rings. The number of ether oxygens (including phenoxy) is 1. The first kappa shape index (κ1) is 17.5. The van der Waals surface area contributed by atoms with Gasteiger partial charge in [0.2, 0.25) is 0 Å². The summed E-state index contributed by atoms with van der Waals surface area (Å²) in [6.45, 7) is 3.41. The van der Waals surface area contributed by atoms with Crippen molar-refractivity contribution in [2.45, 2.75) is 12.5 Å². The summed E-state index contributed by atoms with van der Waals surface area (Å²) in [5.74, 6) is 0.784. The lowest BCUT2D eigenvalue weighted by molar-refractivity contribution is -0.144. The Kier molecular flexibility index (Phi) is 5.68. The van der Waals surface area contributed by atoms with E-state index < -0.39 is 12.0 Å². The second kappa shape index (κ2) is 8.14. The van der Waals surface area contributed by atoms with Gasteiger partial charge in [0.1, 0.15) is 17.5 Å². The number of aliphatic carboxylic acids is 1. The van der Waals surface area contributed by atoms with Crippen LogP contribution in [-0.2, 0) is 11.2 Å². The molecule has 1 saturated heterocycles. The Morgan fingerprint density at radius 3 is 2.20 bits per heavy atom. The highest BCUT2D eigenvalue weighted by molar-refractivity contribution is 5.74. The fourth-order valence-corrected chi connectivity index (χ4v) is 3.05. The van der Waals surface area contributed by atoms with Crippen LogP contribution in [0.1, 0.15) is 5.56 Å². The molecular formula is C20H24N2O3. The van der Waals surface area contributed by atoms with Crippen LogP contribution in [0, 0.1) is 0 Å². The number of rotatable bonds is 6. The third-order valence-electron chi connectivity index (χ3n) is 4.60. The summed E-state index contributed by atoms with van der Waals surface area (Å²) in [5, 5.41) is 9.62. The molecule has 5 heteroatoms. The van der Waals surface area contributed by atoms with E-state index in [0.717, 1.165) is 43.2 Å². The van der Waals surface area contributed by atoms with Crippen LogP contribution in [0.4, 0.5) is 0 Å². The number of carboxylic acid groups (broad SMARTS) is 1. The number of nitrogens with zero attached hydrogens (tertiary/aromatic N) is 2. The zero-order valence-electron chi connectivity index (χ0n) is 14.5. The van der Waals surface area contributed by atoms with E-state index in [1.165, 1.54) is 0 Å². The summed E-state index contributed by atoms with van der Waals surface area (Å²) in [4.78, 5) is 16.0. The Morgan fingerprint density at radius 1 is 1.00 bits per heavy atom. The van der Waals surface area contributed by atoms with Crippen LogP contribution in [0.5, 0.6) is 11.5 Å². The summed E-state index contributed by atoms with van der Waals surface area (Å²) < 4.78 is 5.78. The summed E-state index contributed by atoms with van der Waals surface area (Å²) >= 11 is 0. The van der Waals surface area contributed by atoms with E-state index in [1.54, 1.807) is 0 Å². The van der Waals surface area contributed by atoms with E-state index in [4.69, 9.17) is 4.74 Å². The van der Waals surface area contributed by atoms with E-state index in [0.29, 0.717) is 6.42 Å². The van der Waals surface area contributed by atoms with Crippen molar-refractivity contribution in [3.63, 3.8) is 0 Å². The van der Waals surface area contributed by atoms with Crippen molar-refractivity contribution >= 4 is 5.97 Å². The topological polar surface area (TPSA) is 53.0 Å². The number of piperazine rings is 1. The molecule has 5 nitrogen and oxygen atoms in total. The molecule has 1 N–H and O–H groups in total. The van der Waals surface area contributed by atoms with Crippen LogP contribution in [0.25, 0.3) is 0 Å². The minimum atomic E-state index is -0.755. The number of likely N-dealkylation sites (N-methyl/N-ethyl adjacent to an activating group) is 1. The Bertz CT molecular complexity index is 680. The number of carbonyl (C=O) groups is 1. The van der Waals surface area contributed by atoms with Gasteiger partial charge in [-0.2, -0.15) is 0 Å². The maximum atomic E-state index is 11.7. The molecule has 0 bridgehead atoms. The van der Waals surface area contributed by atoms with Crippen molar-refractivity contribution < 1.29 is 14.6 Å². The second-order valence-electron chi connectivity index (χ2n) is 6.46. The van der Waals surface area contributed by atoms with Crippen molar-refractivity contribution in [3.8, 4) is 11.5 Å². The second-order valence-corrected chi connectivity index (χ2v) is 6.46. The Balaban J connectivity index is 1.63. The molecule has 0 amide bonds. The van der Waals surface area contributed by atoms with E-state index >= 15 is 0 Å². The van der Waals surface area contributed by atoms with Gasteiger partial charge in [-0.1, -0.05) is 30.3 Å². The normalized spacial score (nSPS) is 17.2. The van der Waals surface area contributed by atoms with Gasteiger partial charge in [-0.05, 0) is 43.3 Å². The largest absolute Gasteiger partial charge is 0.480 e. The number of benzene rings is 2. The van der Waals surface area contributed by atoms with Gasteiger partial charge in [0.25, 0.3) is 0 Å². The van der Waals surface area contributed by atoms with Gasteiger partial charge < -0.3 is 14.7 Å². The monoisotopic (exact) mass is 340 g/mol. The number of carboxylic acids is 1. The van der Waals surface area contributed by atoms with Crippen LogP contribution in [0.2, 0.25) is 0 Å². The van der Waals surface area contributed by atoms with Crippen molar-refractivity contribution in [2.24, 2.45) is 0 Å². The Labute approximate surface area is 148 Å². The van der Waals surface area contributed by atoms with Crippen LogP contribution >= 0.6 is 0 Å². The maximum Gasteiger partial charge on any atom is 0.321 e. The van der Waals surface area contributed by atoms with Gasteiger partial charge in [0, 0.05) is 26.2 Å². The lowest BCUT2D eigenvalue weighted by atomic mass is 10.0. The minimum Gasteiger partial charge on any atom is -0.480 e. The van der Waals surface area contributed by atoms with Crippen LogP contribution in [0.15, 0.2) is 54.6 Å². The highest BCUT2D eigenvalue weighted by Gasteiger charge is 2.28. The fourth-order valence-electron chi connectivity index (χ4n) is 3.05. The van der Waals surface area contributed by atoms with Gasteiger partial charge in [-0.3, -0.25) is 9.69 Å². The van der Waals surface area contributed by atoms with Gasteiger partial charge in [0.05, 0.1) is 0 Å². The van der Waals surface area contributed by atoms with E-state index in [2.05, 4.69) is 16.8 Å². The lowest BCUT2D eigenvalue weighted by Gasteiger charge is -2.36. The van der Waals surface area contributed by atoms with Crippen LogP contribution < -0.4 is 4.74 Å². The first-order valence-electron chi connectivity index (χ1n) is 8.59. The van der Waals surface area contributed by atoms with E-state index in [9.17, 15) is 9.90 Å². The van der Waals surface area contributed by atoms with Gasteiger partial charge in [-0.15, -0.1) is 0 Å². The van der Waals surface area contributed by atoms with Gasteiger partial charge in [-0.25, -0.2) is 0 Å². The van der Waals surface area contributed by atoms with Crippen molar-refractivity contribution in [1.29, 1.82) is 0 Å². The molecular weight excluding hydrogens is 316 g/mol. The summed E-state index contributed by atoms with van der Waals surface area (Å²) in [5.41, 5.74) is 1.01. The van der Waals surface area contributed by atoms with Crippen molar-refractivity contribution in [3.05, 3.63) is 60.2 Å². The zero-order valence-corrected chi connectivity index (χ0v) is 14.5. The van der Waals surface area contributed by atoms with Gasteiger partial charge in [0.15, 0.2) is 0 Å². The quantitative estimate of drug-likeness (QED) is 0.876. The smallest absolute Gasteiger partial charge is 0.321 e. The maximum absolute atomic E-state index is 11.7. The molecule has 132 valence electrons. The summed E-state index contributed by atoms with van der Waals surface area (Å²) in [6.07, 6.45) is 0.505. The molecule has 1 fully saturated rings. The molecule has 2 aromatic carbocycles. The first-order valence-corrected chi connectivity index (χ1v) is 8.59. The van der Waals surface area contributed by atoms with Crippen molar-refractivity contribution in [2.75, 3.05) is 33.2 Å². The van der Waals surface area contributed by atoms with Crippen LogP contribution in [0.3, 0.4) is 0 Å². The molecule has 0 unspecified atom stereocenters. The van der Waals surface area contributed by atoms with Crippen molar-refractivity contribution in [1.82, 2.24) is 9.80 Å². The predicted molar refractivity (Wildman–Crippen MR) is 97.2 cm³/mol. The third kappa shape index (κ3) is 4.81. The average molecular weight is 340 g/mol. The molecule has 0 spiro atoms. The third-order valence-corrected chi connectivity index (χ3v) is 4.60. The summed E-state index contributed by atoms with van der Waals surface area (Å²) in [7, 11) is 2.07. The Hall–Kier alpha value is -2.37. The Morgan fingerprint density at radius 2 is 1.60 bits per heavy atom. The molecule has 0 saturated carbocycles. The molecule has 1 atom stereocenters. The zero-order chi connectivity index (χ0) is 17.6. The number of hydrogen-bond donors (Lipinski definition) is 1. The van der Waals surface area contributed by atoms with Gasteiger partial charge >= 0.3 is 5.97 Å². The summed E-state index contributed by atoms with van der Waals surface area (Å²) in [6, 6.07) is 16.8. The molecule has 3 rings (SSSR count). The molecule has 25 heavy (non-hydrogen) atoms. The minimum absolute atomic E-state index is 0.477. The van der Waals surface area contributed by atoms with Crippen LogP contribution in [-0.4, -0.2) is 60.1 Å². The molecule has 0 aliphatic carbocycles. The SMILES string of the molecule is CN1CCN([C@H](Cc2ccc(Oc3ccccc3)cc2)C(=O)O)CC1. The number of hydrogen-bond acceptors (Lipinski definition) is 4. The first-order chi connectivity index (χ1) is 12.1. The van der Waals surface area contributed by atoms with E-state index in [-0.39, 0.29) is 0 Å². The number of para-hydroxylation sites is 1. The molecule has 2 aromatic rings. The highest BCUT2D eigenvalue weighted by Crippen LogP contribution is 2.22. The predicted octanol–water partition coefficient (Wildman–Crippen LogP) is 2.72. The molecule has 0 radical (unpaired) electrons. The molecule has 1 aliphatic heterocycles. The average Bonchev–Trinajstić information content (AvgIpc) is 2.63. The molecule has 0 aromatic heterocycles. The van der Waals surface area contributed by atoms with E-state index in [1.807, 2.05) is 54.6 Å². The standard InChI is InChI=1S/C20H24N2O3/c1-21-11-13-22(14-12-21)19(20(23)24)15-16-7-9-18(10-8-16)25-17-5-3-2-4-6-17/h2-10,19H,11-15H2,1H3,(H,23,24)/t19-/m1/s1. The lowest BCUT2D eigenvalue weighted by Crippen LogP contribution is -2.52.